The van der Waals surface area contributed by atoms with Crippen molar-refractivity contribution in [3.63, 3.8) is 0 Å². The molecule has 0 N–H and O–H groups in total. The maximum absolute atomic E-state index is 10.7. The summed E-state index contributed by atoms with van der Waals surface area (Å²) < 4.78 is 63.8. The van der Waals surface area contributed by atoms with Crippen molar-refractivity contribution in [3.8, 4) is 0 Å². The molecule has 2 nitrogen and oxygen atoms in total. The summed E-state index contributed by atoms with van der Waals surface area (Å²) in [5.74, 6) is 1.41. The molecule has 1 rings (SSSR count). The Balaban J connectivity index is 0.000000486. The van der Waals surface area contributed by atoms with Crippen LogP contribution in [0.5, 0.6) is 0 Å². The summed E-state index contributed by atoms with van der Waals surface area (Å²) >= 11 is 0. The summed E-state index contributed by atoms with van der Waals surface area (Å²) in [5.41, 5.74) is 0.228. The zero-order chi connectivity index (χ0) is 17.2. The molecule has 0 saturated carbocycles. The molecular weight excluding hydrogens is 317 g/mol. The minimum absolute atomic E-state index is 0.228. The molecule has 21 heavy (non-hydrogen) atoms. The molecule has 1 aromatic rings. The molecule has 0 saturated heterocycles. The number of imidazole rings is 1. The van der Waals surface area contributed by atoms with Crippen LogP contribution in [0.4, 0.5) is 25.2 Å². The van der Waals surface area contributed by atoms with Gasteiger partial charge in [0.2, 0.25) is 0 Å². The zero-order valence-electron chi connectivity index (χ0n) is 12.9. The number of unbranched alkanes of at least 4 members (excludes halogenated alkanes) is 1. The van der Waals surface area contributed by atoms with E-state index < -0.39 is 7.81 Å². The van der Waals surface area contributed by atoms with Crippen LogP contribution in [0, 0.1) is 0 Å². The van der Waals surface area contributed by atoms with Gasteiger partial charge in [0, 0.05) is 0 Å². The summed E-state index contributed by atoms with van der Waals surface area (Å²) in [7, 11) is -8.53. The average molecular weight is 340 g/mol. The molecular formula is C12H23F6N2P. The van der Waals surface area contributed by atoms with Gasteiger partial charge in [-0.05, 0) is 27.2 Å². The third kappa shape index (κ3) is 11.5. The minimum atomic E-state index is -10.7. The van der Waals surface area contributed by atoms with Crippen molar-refractivity contribution < 1.29 is 29.7 Å². The first kappa shape index (κ1) is 20.2. The average Bonchev–Trinajstić information content (AvgIpc) is 2.50. The van der Waals surface area contributed by atoms with Crippen LogP contribution >= 0.6 is 7.81 Å². The Kier molecular flexibility index (Phi) is 5.25. The van der Waals surface area contributed by atoms with Gasteiger partial charge in [-0.15, -0.1) is 0 Å². The van der Waals surface area contributed by atoms with E-state index in [1.54, 1.807) is 0 Å². The Bertz CT molecular complexity index is 458. The Labute approximate surface area is 121 Å². The van der Waals surface area contributed by atoms with Crippen molar-refractivity contribution in [3.05, 3.63) is 18.2 Å². The monoisotopic (exact) mass is 340 g/mol. The van der Waals surface area contributed by atoms with E-state index >= 15 is 0 Å². The Morgan fingerprint density at radius 2 is 1.52 bits per heavy atom. The van der Waals surface area contributed by atoms with Crippen LogP contribution in [0.2, 0.25) is 0 Å². The van der Waals surface area contributed by atoms with Crippen LogP contribution in [0.3, 0.4) is 0 Å². The van der Waals surface area contributed by atoms with Crippen molar-refractivity contribution in [2.45, 2.75) is 52.5 Å². The first-order valence-corrected chi connectivity index (χ1v) is 8.56. The summed E-state index contributed by atoms with van der Waals surface area (Å²) in [6.07, 6.45) is 6.86. The molecule has 0 aliphatic rings. The predicted molar refractivity (Wildman–Crippen MR) is 72.8 cm³/mol. The van der Waals surface area contributed by atoms with Crippen LogP contribution in [-0.2, 0) is 19.0 Å². The van der Waals surface area contributed by atoms with Crippen LogP contribution in [-0.4, -0.2) is 4.57 Å². The van der Waals surface area contributed by atoms with Crippen LogP contribution in [0.1, 0.15) is 46.4 Å². The van der Waals surface area contributed by atoms with Crippen molar-refractivity contribution in [1.29, 1.82) is 0 Å². The number of nitrogens with zero attached hydrogens (tertiary/aromatic N) is 2. The first-order chi connectivity index (χ1) is 8.91. The Morgan fingerprint density at radius 3 is 1.86 bits per heavy atom. The molecule has 0 fully saturated rings. The van der Waals surface area contributed by atoms with Gasteiger partial charge < -0.3 is 0 Å². The number of hydrogen-bond acceptors (Lipinski definition) is 0. The van der Waals surface area contributed by atoms with E-state index in [-0.39, 0.29) is 5.41 Å². The number of aryl methyl sites for hydroxylation is 2. The number of aromatic nitrogens is 2. The van der Waals surface area contributed by atoms with Crippen molar-refractivity contribution in [2.75, 3.05) is 0 Å². The normalized spacial score (nSPS) is 15.8. The van der Waals surface area contributed by atoms with Gasteiger partial charge in [-0.1, -0.05) is 13.3 Å². The molecule has 0 amide bonds. The van der Waals surface area contributed by atoms with Crippen LogP contribution < -0.4 is 4.57 Å². The van der Waals surface area contributed by atoms with E-state index in [0.717, 1.165) is 6.54 Å². The first-order valence-electron chi connectivity index (χ1n) is 6.53. The standard InChI is InChI=1S/C12H23N2.F6P/c1-6-7-8-14-10-9-13(5)11(14)12(2,3)4;1-7(2,3,4,5)6/h9-10H,6-8H2,1-5H3;/q+1;-1. The molecule has 0 unspecified atom stereocenters. The Morgan fingerprint density at radius 1 is 1.10 bits per heavy atom. The molecule has 0 aliphatic heterocycles. The Hall–Kier alpha value is -0.780. The summed E-state index contributed by atoms with van der Waals surface area (Å²) in [4.78, 5) is 0. The van der Waals surface area contributed by atoms with Crippen molar-refractivity contribution >= 4 is 7.81 Å². The number of halogens is 6. The molecule has 0 atom stereocenters. The molecule has 128 valence electrons. The zero-order valence-corrected chi connectivity index (χ0v) is 13.8. The van der Waals surface area contributed by atoms with E-state index in [1.807, 2.05) is 0 Å². The van der Waals surface area contributed by atoms with E-state index in [4.69, 9.17) is 0 Å². The second kappa shape index (κ2) is 5.45. The fraction of sp³-hybridized carbons (Fsp3) is 0.750. The molecule has 0 bridgehead atoms. The number of rotatable bonds is 3. The second-order valence-corrected chi connectivity index (χ2v) is 7.90. The summed E-state index contributed by atoms with van der Waals surface area (Å²) in [5, 5.41) is 0. The van der Waals surface area contributed by atoms with Crippen molar-refractivity contribution in [2.24, 2.45) is 7.05 Å². The topological polar surface area (TPSA) is 8.81 Å². The van der Waals surface area contributed by atoms with E-state index in [9.17, 15) is 25.2 Å². The van der Waals surface area contributed by atoms with E-state index in [0.29, 0.717) is 0 Å². The molecule has 9 heteroatoms. The third-order valence-electron chi connectivity index (χ3n) is 2.50. The van der Waals surface area contributed by atoms with E-state index in [1.165, 1.54) is 18.7 Å². The quantitative estimate of drug-likeness (QED) is 0.374. The molecule has 0 radical (unpaired) electrons. The van der Waals surface area contributed by atoms with Gasteiger partial charge >= 0.3 is 33.0 Å². The van der Waals surface area contributed by atoms with Gasteiger partial charge in [0.05, 0.1) is 19.0 Å². The molecule has 0 aromatic carbocycles. The van der Waals surface area contributed by atoms with Crippen molar-refractivity contribution in [1.82, 2.24) is 4.57 Å². The summed E-state index contributed by atoms with van der Waals surface area (Å²) in [6, 6.07) is 0. The predicted octanol–water partition coefficient (Wildman–Crippen LogP) is 5.79. The van der Waals surface area contributed by atoms with Gasteiger partial charge in [0.15, 0.2) is 0 Å². The van der Waals surface area contributed by atoms with E-state index in [2.05, 4.69) is 56.3 Å². The van der Waals surface area contributed by atoms with Gasteiger partial charge in [0.25, 0.3) is 5.82 Å². The summed E-state index contributed by atoms with van der Waals surface area (Å²) in [6.45, 7) is 10.2. The van der Waals surface area contributed by atoms with Gasteiger partial charge in [-0.2, -0.15) is 0 Å². The molecule has 0 spiro atoms. The van der Waals surface area contributed by atoms with Gasteiger partial charge in [-0.25, -0.2) is 9.13 Å². The second-order valence-electron chi connectivity index (χ2n) is 5.99. The third-order valence-corrected chi connectivity index (χ3v) is 2.50. The fourth-order valence-corrected chi connectivity index (χ4v) is 1.99. The fourth-order valence-electron chi connectivity index (χ4n) is 1.99. The molecule has 0 aliphatic carbocycles. The molecule has 1 heterocycles. The van der Waals surface area contributed by atoms with Crippen LogP contribution in [0.25, 0.3) is 0 Å². The number of hydrogen-bond donors (Lipinski definition) is 0. The maximum atomic E-state index is 9.87. The molecule has 1 aromatic heterocycles. The van der Waals surface area contributed by atoms with Gasteiger partial charge in [0.1, 0.15) is 12.4 Å². The SMILES string of the molecule is CCCCn1cc[n+](C)c1C(C)(C)C.F[P-](F)(F)(F)(F)F. The van der Waals surface area contributed by atoms with Gasteiger partial charge in [-0.3, -0.25) is 0 Å². The van der Waals surface area contributed by atoms with Crippen LogP contribution in [0.15, 0.2) is 12.4 Å².